The van der Waals surface area contributed by atoms with Crippen LogP contribution < -0.4 is 15.2 Å². The van der Waals surface area contributed by atoms with Gasteiger partial charge in [0.15, 0.2) is 11.5 Å². The third-order valence-electron chi connectivity index (χ3n) is 2.72. The Kier molecular flexibility index (Phi) is 7.28. The molecule has 0 heterocycles. The Morgan fingerprint density at radius 3 is 2.79 bits per heavy atom. The Bertz CT molecular complexity index is 438. The Morgan fingerprint density at radius 2 is 2.21 bits per heavy atom. The van der Waals surface area contributed by atoms with Gasteiger partial charge in [-0.1, -0.05) is 18.5 Å². The summed E-state index contributed by atoms with van der Waals surface area (Å²) in [5.74, 6) is 1.36. The van der Waals surface area contributed by atoms with Gasteiger partial charge in [-0.05, 0) is 52.5 Å². The molecule has 1 aromatic carbocycles. The molecule has 3 nitrogen and oxygen atoms in total. The van der Waals surface area contributed by atoms with Crippen molar-refractivity contribution in [1.29, 1.82) is 0 Å². The van der Waals surface area contributed by atoms with Crippen molar-refractivity contribution in [2.45, 2.75) is 25.8 Å². The molecule has 0 aromatic heterocycles. The molecule has 5 heteroatoms. The zero-order valence-electron chi connectivity index (χ0n) is 11.2. The number of rotatable bonds is 7. The highest BCUT2D eigenvalue weighted by Gasteiger charge is 2.12. The quantitative estimate of drug-likeness (QED) is 0.813. The summed E-state index contributed by atoms with van der Waals surface area (Å²) in [4.78, 5) is 0. The van der Waals surface area contributed by atoms with E-state index in [1.807, 2.05) is 12.1 Å². The van der Waals surface area contributed by atoms with Gasteiger partial charge in [0.2, 0.25) is 0 Å². The second-order valence-corrected chi connectivity index (χ2v) is 5.26. The summed E-state index contributed by atoms with van der Waals surface area (Å²) in [5, 5.41) is 0. The second-order valence-electron chi connectivity index (χ2n) is 4.15. The van der Waals surface area contributed by atoms with Crippen LogP contribution in [0.3, 0.4) is 0 Å². The third-order valence-corrected chi connectivity index (χ3v) is 3.49. The number of ether oxygens (including phenoxy) is 2. The minimum atomic E-state index is 0.155. The zero-order chi connectivity index (χ0) is 14.3. The van der Waals surface area contributed by atoms with Gasteiger partial charge in [-0.3, -0.25) is 0 Å². The average molecular weight is 349 g/mol. The number of methoxy groups -OCH3 is 1. The lowest BCUT2D eigenvalue weighted by atomic mass is 10.0. The van der Waals surface area contributed by atoms with Crippen LogP contribution in [-0.4, -0.2) is 19.8 Å². The molecule has 19 heavy (non-hydrogen) atoms. The van der Waals surface area contributed by atoms with Crippen molar-refractivity contribution in [3.05, 3.63) is 33.8 Å². The highest BCUT2D eigenvalue weighted by molar-refractivity contribution is 9.10. The van der Waals surface area contributed by atoms with Crippen LogP contribution in [0, 0.1) is 0 Å². The van der Waals surface area contributed by atoms with Crippen molar-refractivity contribution < 1.29 is 9.47 Å². The second kappa shape index (κ2) is 8.46. The molecule has 0 aliphatic heterocycles. The molecule has 2 N–H and O–H groups in total. The minimum Gasteiger partial charge on any atom is -0.493 e. The summed E-state index contributed by atoms with van der Waals surface area (Å²) in [7, 11) is 1.62. The molecule has 1 unspecified atom stereocenters. The summed E-state index contributed by atoms with van der Waals surface area (Å²) in [5.41, 5.74) is 8.52. The molecule has 0 fully saturated rings. The first-order valence-electron chi connectivity index (χ1n) is 6.12. The van der Waals surface area contributed by atoms with Crippen molar-refractivity contribution in [2.24, 2.45) is 5.73 Å². The van der Waals surface area contributed by atoms with E-state index in [1.165, 1.54) is 5.54 Å². The smallest absolute Gasteiger partial charge is 0.175 e. The van der Waals surface area contributed by atoms with Crippen molar-refractivity contribution in [3.63, 3.8) is 0 Å². The van der Waals surface area contributed by atoms with Crippen molar-refractivity contribution in [2.75, 3.05) is 13.7 Å². The van der Waals surface area contributed by atoms with Crippen LogP contribution in [0.25, 0.3) is 0 Å². The molecule has 1 rings (SSSR count). The minimum absolute atomic E-state index is 0.155. The van der Waals surface area contributed by atoms with Gasteiger partial charge in [0.05, 0.1) is 11.6 Å². The van der Waals surface area contributed by atoms with E-state index in [-0.39, 0.29) is 6.04 Å². The molecule has 0 saturated heterocycles. The topological polar surface area (TPSA) is 44.5 Å². The zero-order valence-corrected chi connectivity index (χ0v) is 13.5. The van der Waals surface area contributed by atoms with E-state index in [4.69, 9.17) is 26.8 Å². The molecule has 0 bridgehead atoms. The summed E-state index contributed by atoms with van der Waals surface area (Å²) in [6.07, 6.45) is 3.47. The van der Waals surface area contributed by atoms with Crippen LogP contribution >= 0.6 is 27.5 Å². The average Bonchev–Trinajstić information content (AvgIpc) is 2.40. The predicted molar refractivity (Wildman–Crippen MR) is 83.2 cm³/mol. The largest absolute Gasteiger partial charge is 0.493 e. The lowest BCUT2D eigenvalue weighted by Crippen LogP contribution is -2.21. The number of nitrogens with two attached hydrogens (primary N) is 1. The van der Waals surface area contributed by atoms with Gasteiger partial charge in [-0.25, -0.2) is 0 Å². The van der Waals surface area contributed by atoms with Gasteiger partial charge >= 0.3 is 0 Å². The molecule has 1 atom stereocenters. The van der Waals surface area contributed by atoms with Gasteiger partial charge in [0.25, 0.3) is 0 Å². The summed E-state index contributed by atoms with van der Waals surface area (Å²) in [6.45, 7) is 2.47. The number of hydrogen-bond acceptors (Lipinski definition) is 3. The molecule has 0 aliphatic rings. The van der Waals surface area contributed by atoms with Crippen LogP contribution in [0.2, 0.25) is 0 Å². The number of halogens is 2. The SMILES string of the molecule is CCC(N)Cc1cc(Br)c(OC/C=C/Cl)c(OC)c1. The van der Waals surface area contributed by atoms with Gasteiger partial charge in [0, 0.05) is 11.6 Å². The molecular weight excluding hydrogens is 330 g/mol. The van der Waals surface area contributed by atoms with Crippen LogP contribution in [0.1, 0.15) is 18.9 Å². The lowest BCUT2D eigenvalue weighted by Gasteiger charge is -2.15. The standard InChI is InChI=1S/C14H19BrClNO2/c1-3-11(17)7-10-8-12(15)14(13(9-10)18-2)19-6-4-5-16/h4-5,8-9,11H,3,6-7,17H2,1-2H3/b5-4+. The van der Waals surface area contributed by atoms with E-state index in [9.17, 15) is 0 Å². The highest BCUT2D eigenvalue weighted by Crippen LogP contribution is 2.37. The van der Waals surface area contributed by atoms with E-state index in [2.05, 4.69) is 22.9 Å². The van der Waals surface area contributed by atoms with Crippen LogP contribution in [0.15, 0.2) is 28.2 Å². The molecular formula is C14H19BrClNO2. The fourth-order valence-electron chi connectivity index (χ4n) is 1.65. The molecule has 0 radical (unpaired) electrons. The maximum absolute atomic E-state index is 5.97. The normalized spacial score (nSPS) is 12.7. The van der Waals surface area contributed by atoms with Crippen LogP contribution in [0.4, 0.5) is 0 Å². The van der Waals surface area contributed by atoms with Gasteiger partial charge in [-0.15, -0.1) is 0 Å². The highest BCUT2D eigenvalue weighted by atomic mass is 79.9. The molecule has 0 aliphatic carbocycles. The van der Waals surface area contributed by atoms with E-state index in [0.717, 1.165) is 22.9 Å². The van der Waals surface area contributed by atoms with E-state index in [1.54, 1.807) is 13.2 Å². The molecule has 0 amide bonds. The van der Waals surface area contributed by atoms with E-state index in [0.29, 0.717) is 18.1 Å². The number of hydrogen-bond donors (Lipinski definition) is 1. The molecule has 1 aromatic rings. The fourth-order valence-corrected chi connectivity index (χ4v) is 2.32. The molecule has 106 valence electrons. The van der Waals surface area contributed by atoms with Crippen molar-refractivity contribution in [1.82, 2.24) is 0 Å². The summed E-state index contributed by atoms with van der Waals surface area (Å²) in [6, 6.07) is 4.13. The summed E-state index contributed by atoms with van der Waals surface area (Å²) >= 11 is 8.96. The monoisotopic (exact) mass is 347 g/mol. The van der Waals surface area contributed by atoms with Crippen LogP contribution in [0.5, 0.6) is 11.5 Å². The molecule has 0 saturated carbocycles. The number of benzene rings is 1. The Hall–Kier alpha value is -0.710. The van der Waals surface area contributed by atoms with Crippen molar-refractivity contribution in [3.8, 4) is 11.5 Å². The van der Waals surface area contributed by atoms with E-state index < -0.39 is 0 Å². The summed E-state index contributed by atoms with van der Waals surface area (Å²) < 4.78 is 11.8. The van der Waals surface area contributed by atoms with Gasteiger partial charge in [0.1, 0.15) is 6.61 Å². The van der Waals surface area contributed by atoms with Crippen molar-refractivity contribution >= 4 is 27.5 Å². The first-order chi connectivity index (χ1) is 9.12. The predicted octanol–water partition coefficient (Wildman–Crippen LogP) is 3.87. The third kappa shape index (κ3) is 5.05. The molecule has 0 spiro atoms. The van der Waals surface area contributed by atoms with Gasteiger partial charge in [-0.2, -0.15) is 0 Å². The fraction of sp³-hybridized carbons (Fsp3) is 0.429. The Morgan fingerprint density at radius 1 is 1.47 bits per heavy atom. The maximum Gasteiger partial charge on any atom is 0.175 e. The van der Waals surface area contributed by atoms with E-state index >= 15 is 0 Å². The first kappa shape index (κ1) is 16.3. The van der Waals surface area contributed by atoms with Crippen LogP contribution in [-0.2, 0) is 6.42 Å². The Labute approximate surface area is 127 Å². The van der Waals surface area contributed by atoms with Gasteiger partial charge < -0.3 is 15.2 Å². The maximum atomic E-state index is 5.97. The Balaban J connectivity index is 2.93. The lowest BCUT2D eigenvalue weighted by molar-refractivity contribution is 0.324. The first-order valence-corrected chi connectivity index (χ1v) is 7.35.